The Kier molecular flexibility index (Phi) is 3.61. The van der Waals surface area contributed by atoms with Crippen molar-refractivity contribution in [2.75, 3.05) is 5.32 Å². The number of hydrogen-bond acceptors (Lipinski definition) is 3. The van der Waals surface area contributed by atoms with Gasteiger partial charge in [0.1, 0.15) is 11.5 Å². The number of nitrogens with zero attached hydrogens (tertiary/aromatic N) is 1. The van der Waals surface area contributed by atoms with Crippen molar-refractivity contribution in [3.8, 4) is 0 Å². The van der Waals surface area contributed by atoms with Crippen molar-refractivity contribution < 1.29 is 14.7 Å². The van der Waals surface area contributed by atoms with Crippen molar-refractivity contribution in [1.29, 1.82) is 0 Å². The highest BCUT2D eigenvalue weighted by Gasteiger charge is 2.08. The van der Waals surface area contributed by atoms with Crippen LogP contribution in [0.15, 0.2) is 30.5 Å². The Morgan fingerprint density at radius 1 is 1.32 bits per heavy atom. The number of H-pyrrole nitrogens is 1. The predicted octanol–water partition coefficient (Wildman–Crippen LogP) is 1.60. The lowest BCUT2D eigenvalue weighted by molar-refractivity contribution is -0.136. The molecule has 0 bridgehead atoms. The highest BCUT2D eigenvalue weighted by atomic mass is 16.4. The topological polar surface area (TPSA) is 95.1 Å². The molecular formula is C13H13N3O3. The summed E-state index contributed by atoms with van der Waals surface area (Å²) in [5, 5.41) is 11.3. The molecule has 6 heteroatoms. The fraction of sp³-hybridized carbons (Fsp3) is 0.154. The van der Waals surface area contributed by atoms with Crippen molar-refractivity contribution in [2.24, 2.45) is 0 Å². The number of hydrogen-bond donors (Lipinski definition) is 3. The van der Waals surface area contributed by atoms with E-state index in [1.54, 1.807) is 31.2 Å². The summed E-state index contributed by atoms with van der Waals surface area (Å²) >= 11 is 0. The van der Waals surface area contributed by atoms with Gasteiger partial charge >= 0.3 is 5.97 Å². The molecule has 0 aliphatic heterocycles. The van der Waals surface area contributed by atoms with E-state index in [1.165, 1.54) is 6.20 Å². The van der Waals surface area contributed by atoms with Crippen molar-refractivity contribution >= 4 is 17.6 Å². The molecular weight excluding hydrogens is 246 g/mol. The summed E-state index contributed by atoms with van der Waals surface area (Å²) in [4.78, 5) is 29.1. The summed E-state index contributed by atoms with van der Waals surface area (Å²) in [6.45, 7) is 1.76. The number of carboxylic acid groups (broad SMARTS) is 1. The van der Waals surface area contributed by atoms with E-state index in [1.807, 2.05) is 0 Å². The zero-order valence-corrected chi connectivity index (χ0v) is 10.3. The number of rotatable bonds is 4. The van der Waals surface area contributed by atoms with Crippen molar-refractivity contribution in [3.63, 3.8) is 0 Å². The third kappa shape index (κ3) is 3.41. The molecule has 0 aliphatic rings. The number of aliphatic carboxylic acids is 1. The van der Waals surface area contributed by atoms with Crippen LogP contribution in [0.25, 0.3) is 0 Å². The van der Waals surface area contributed by atoms with Crippen LogP contribution < -0.4 is 5.32 Å². The number of amides is 1. The molecule has 1 aromatic heterocycles. The SMILES string of the molecule is Cc1ncc(C(=O)Nc2ccc(CC(=O)O)cc2)[nH]1. The molecule has 0 radical (unpaired) electrons. The van der Waals surface area contributed by atoms with Crippen molar-refractivity contribution in [3.05, 3.63) is 47.5 Å². The highest BCUT2D eigenvalue weighted by Crippen LogP contribution is 2.11. The van der Waals surface area contributed by atoms with Gasteiger partial charge in [-0.3, -0.25) is 9.59 Å². The Balaban J connectivity index is 2.03. The van der Waals surface area contributed by atoms with Gasteiger partial charge < -0.3 is 15.4 Å². The van der Waals surface area contributed by atoms with E-state index >= 15 is 0 Å². The molecule has 3 N–H and O–H groups in total. The molecule has 0 unspecified atom stereocenters. The first-order valence-electron chi connectivity index (χ1n) is 5.68. The summed E-state index contributed by atoms with van der Waals surface area (Å²) in [6.07, 6.45) is 1.43. The van der Waals surface area contributed by atoms with Gasteiger partial charge in [0.05, 0.1) is 12.6 Å². The number of benzene rings is 1. The summed E-state index contributed by atoms with van der Waals surface area (Å²) in [5.74, 6) is -0.502. The third-order valence-corrected chi connectivity index (χ3v) is 2.51. The van der Waals surface area contributed by atoms with Gasteiger partial charge in [-0.2, -0.15) is 0 Å². The van der Waals surface area contributed by atoms with Crippen LogP contribution in [0, 0.1) is 6.92 Å². The number of carbonyl (C=O) groups is 2. The first-order valence-corrected chi connectivity index (χ1v) is 5.68. The Morgan fingerprint density at radius 3 is 2.53 bits per heavy atom. The monoisotopic (exact) mass is 259 g/mol. The Morgan fingerprint density at radius 2 is 2.00 bits per heavy atom. The maximum Gasteiger partial charge on any atom is 0.307 e. The Labute approximate surface area is 109 Å². The smallest absolute Gasteiger partial charge is 0.307 e. The minimum Gasteiger partial charge on any atom is -0.481 e. The minimum absolute atomic E-state index is 0.0338. The van der Waals surface area contributed by atoms with Gasteiger partial charge in [-0.1, -0.05) is 12.1 Å². The van der Waals surface area contributed by atoms with E-state index < -0.39 is 5.97 Å². The molecule has 6 nitrogen and oxygen atoms in total. The molecule has 19 heavy (non-hydrogen) atoms. The van der Waals surface area contributed by atoms with Gasteiger partial charge in [0, 0.05) is 5.69 Å². The van der Waals surface area contributed by atoms with E-state index in [0.717, 1.165) is 0 Å². The predicted molar refractivity (Wildman–Crippen MR) is 69.1 cm³/mol. The highest BCUT2D eigenvalue weighted by molar-refractivity contribution is 6.02. The van der Waals surface area contributed by atoms with E-state index in [-0.39, 0.29) is 12.3 Å². The van der Waals surface area contributed by atoms with E-state index in [4.69, 9.17) is 5.11 Å². The van der Waals surface area contributed by atoms with Crippen LogP contribution in [0.2, 0.25) is 0 Å². The van der Waals surface area contributed by atoms with Crippen molar-refractivity contribution in [2.45, 2.75) is 13.3 Å². The molecule has 0 saturated heterocycles. The summed E-state index contributed by atoms with van der Waals surface area (Å²) in [5.41, 5.74) is 1.67. The molecule has 2 aromatic rings. The van der Waals surface area contributed by atoms with Crippen LogP contribution in [0.5, 0.6) is 0 Å². The van der Waals surface area contributed by atoms with Crippen LogP contribution in [-0.4, -0.2) is 27.0 Å². The first kappa shape index (κ1) is 12.8. The molecule has 0 fully saturated rings. The lowest BCUT2D eigenvalue weighted by Gasteiger charge is -2.04. The molecule has 1 aromatic carbocycles. The number of carbonyl (C=O) groups excluding carboxylic acids is 1. The van der Waals surface area contributed by atoms with Gasteiger partial charge in [-0.25, -0.2) is 4.98 Å². The minimum atomic E-state index is -0.885. The fourth-order valence-electron chi connectivity index (χ4n) is 1.62. The molecule has 98 valence electrons. The van der Waals surface area contributed by atoms with Gasteiger partial charge in [0.2, 0.25) is 0 Å². The Bertz CT molecular complexity index is 602. The van der Waals surface area contributed by atoms with Gasteiger partial charge in [0.15, 0.2) is 0 Å². The Hall–Kier alpha value is -2.63. The number of aromatic nitrogens is 2. The average Bonchev–Trinajstić information content (AvgIpc) is 2.78. The molecule has 0 atom stereocenters. The maximum atomic E-state index is 11.8. The zero-order chi connectivity index (χ0) is 13.8. The molecule has 0 aliphatic carbocycles. The fourth-order valence-corrected chi connectivity index (χ4v) is 1.62. The molecule has 1 heterocycles. The molecule has 0 saturated carbocycles. The summed E-state index contributed by atoms with van der Waals surface area (Å²) in [7, 11) is 0. The van der Waals surface area contributed by atoms with Gasteiger partial charge in [-0.15, -0.1) is 0 Å². The van der Waals surface area contributed by atoms with Crippen LogP contribution in [-0.2, 0) is 11.2 Å². The largest absolute Gasteiger partial charge is 0.481 e. The van der Waals surface area contributed by atoms with Gasteiger partial charge in [-0.05, 0) is 24.6 Å². The maximum absolute atomic E-state index is 11.8. The first-order chi connectivity index (χ1) is 9.04. The number of nitrogens with one attached hydrogen (secondary N) is 2. The standard InChI is InChI=1S/C13H13N3O3/c1-8-14-7-11(15-8)13(19)16-10-4-2-9(3-5-10)6-12(17)18/h2-5,7H,6H2,1H3,(H,14,15)(H,16,19)(H,17,18). The second-order valence-electron chi connectivity index (χ2n) is 4.10. The second-order valence-corrected chi connectivity index (χ2v) is 4.10. The summed E-state index contributed by atoms with van der Waals surface area (Å²) in [6, 6.07) is 6.67. The number of anilines is 1. The number of imidazole rings is 1. The van der Waals surface area contributed by atoms with Crippen LogP contribution >= 0.6 is 0 Å². The number of carboxylic acids is 1. The van der Waals surface area contributed by atoms with Crippen LogP contribution in [0.4, 0.5) is 5.69 Å². The quantitative estimate of drug-likeness (QED) is 0.777. The summed E-state index contributed by atoms with van der Waals surface area (Å²) < 4.78 is 0. The number of aromatic amines is 1. The lowest BCUT2D eigenvalue weighted by atomic mass is 10.1. The van der Waals surface area contributed by atoms with Crippen molar-refractivity contribution in [1.82, 2.24) is 9.97 Å². The lowest BCUT2D eigenvalue weighted by Crippen LogP contribution is -2.12. The third-order valence-electron chi connectivity index (χ3n) is 2.51. The van der Waals surface area contributed by atoms with E-state index in [0.29, 0.717) is 22.8 Å². The number of aryl methyl sites for hydroxylation is 1. The zero-order valence-electron chi connectivity index (χ0n) is 10.3. The molecule has 0 spiro atoms. The van der Waals surface area contributed by atoms with Crippen LogP contribution in [0.3, 0.4) is 0 Å². The average molecular weight is 259 g/mol. The van der Waals surface area contributed by atoms with E-state index in [2.05, 4.69) is 15.3 Å². The molecule has 2 rings (SSSR count). The normalized spacial score (nSPS) is 10.2. The van der Waals surface area contributed by atoms with E-state index in [9.17, 15) is 9.59 Å². The second kappa shape index (κ2) is 5.34. The molecule has 1 amide bonds. The van der Waals surface area contributed by atoms with Gasteiger partial charge in [0.25, 0.3) is 5.91 Å². The van der Waals surface area contributed by atoms with Crippen LogP contribution in [0.1, 0.15) is 21.9 Å².